The number of rotatable bonds is 4. The first-order valence-corrected chi connectivity index (χ1v) is 9.05. The lowest BCUT2D eigenvalue weighted by atomic mass is 9.92. The fourth-order valence-corrected chi connectivity index (χ4v) is 3.89. The van der Waals surface area contributed by atoms with Crippen molar-refractivity contribution in [3.63, 3.8) is 0 Å². The smallest absolute Gasteiger partial charge is 0.175 e. The lowest BCUT2D eigenvalue weighted by molar-refractivity contribution is 0.0901. The molecule has 2 atom stereocenters. The predicted octanol–water partition coefficient (Wildman–Crippen LogP) is 2.14. The molecule has 0 saturated heterocycles. The van der Waals surface area contributed by atoms with Crippen LogP contribution in [0.25, 0.3) is 0 Å². The SMILES string of the molecule is CS(=O)(=O)c1cccc(Cl)c1CNC1CCCCC1O. The van der Waals surface area contributed by atoms with Crippen LogP contribution in [0.4, 0.5) is 0 Å². The van der Waals surface area contributed by atoms with Gasteiger partial charge >= 0.3 is 0 Å². The fourth-order valence-electron chi connectivity index (χ4n) is 2.64. The summed E-state index contributed by atoms with van der Waals surface area (Å²) in [6.07, 6.45) is 4.63. The van der Waals surface area contributed by atoms with E-state index in [1.54, 1.807) is 18.2 Å². The van der Waals surface area contributed by atoms with E-state index in [1.165, 1.54) is 6.26 Å². The van der Waals surface area contributed by atoms with Crippen molar-refractivity contribution < 1.29 is 13.5 Å². The van der Waals surface area contributed by atoms with Crippen molar-refractivity contribution in [3.8, 4) is 0 Å². The molecule has 0 spiro atoms. The normalized spacial score (nSPS) is 23.8. The maximum absolute atomic E-state index is 11.8. The minimum absolute atomic E-state index is 0.00688. The largest absolute Gasteiger partial charge is 0.392 e. The van der Waals surface area contributed by atoms with Gasteiger partial charge in [0.05, 0.1) is 11.0 Å². The number of nitrogens with one attached hydrogen (secondary N) is 1. The van der Waals surface area contributed by atoms with Crippen LogP contribution >= 0.6 is 11.6 Å². The molecule has 2 unspecified atom stereocenters. The van der Waals surface area contributed by atoms with E-state index in [0.717, 1.165) is 25.7 Å². The highest BCUT2D eigenvalue weighted by Crippen LogP contribution is 2.25. The molecule has 4 nitrogen and oxygen atoms in total. The van der Waals surface area contributed by atoms with Crippen LogP contribution in [-0.2, 0) is 16.4 Å². The highest BCUT2D eigenvalue weighted by atomic mass is 35.5. The van der Waals surface area contributed by atoms with Gasteiger partial charge in [-0.15, -0.1) is 0 Å². The van der Waals surface area contributed by atoms with Gasteiger partial charge in [-0.25, -0.2) is 8.42 Å². The predicted molar refractivity (Wildman–Crippen MR) is 79.7 cm³/mol. The third-order valence-electron chi connectivity index (χ3n) is 3.75. The Kier molecular flexibility index (Phi) is 5.07. The number of sulfone groups is 1. The topological polar surface area (TPSA) is 66.4 Å². The van der Waals surface area contributed by atoms with Gasteiger partial charge in [0.25, 0.3) is 0 Å². The van der Waals surface area contributed by atoms with E-state index < -0.39 is 9.84 Å². The molecule has 2 rings (SSSR count). The van der Waals surface area contributed by atoms with Crippen LogP contribution in [0.1, 0.15) is 31.2 Å². The minimum atomic E-state index is -3.31. The summed E-state index contributed by atoms with van der Waals surface area (Å²) in [7, 11) is -3.31. The van der Waals surface area contributed by atoms with Gasteiger partial charge in [-0.05, 0) is 25.0 Å². The van der Waals surface area contributed by atoms with E-state index in [1.807, 2.05) is 0 Å². The molecule has 112 valence electrons. The Labute approximate surface area is 125 Å². The fraction of sp³-hybridized carbons (Fsp3) is 0.571. The van der Waals surface area contributed by atoms with Crippen molar-refractivity contribution in [2.45, 2.75) is 49.3 Å². The van der Waals surface area contributed by atoms with E-state index >= 15 is 0 Å². The third kappa shape index (κ3) is 3.73. The van der Waals surface area contributed by atoms with Gasteiger partial charge in [-0.2, -0.15) is 0 Å². The van der Waals surface area contributed by atoms with E-state index in [9.17, 15) is 13.5 Å². The van der Waals surface area contributed by atoms with Gasteiger partial charge in [0.15, 0.2) is 9.84 Å². The average molecular weight is 318 g/mol. The molecule has 0 amide bonds. The molecule has 20 heavy (non-hydrogen) atoms. The number of hydrogen-bond acceptors (Lipinski definition) is 4. The molecular formula is C14H20ClNO3S. The Morgan fingerprint density at radius 1 is 1.35 bits per heavy atom. The van der Waals surface area contributed by atoms with Gasteiger partial charge in [0, 0.05) is 29.4 Å². The Bertz CT molecular complexity index is 574. The number of benzene rings is 1. The molecule has 0 aliphatic heterocycles. The van der Waals surface area contributed by atoms with Crippen molar-refractivity contribution in [1.82, 2.24) is 5.32 Å². The van der Waals surface area contributed by atoms with Crippen LogP contribution in [0.15, 0.2) is 23.1 Å². The van der Waals surface area contributed by atoms with Crippen LogP contribution < -0.4 is 5.32 Å². The Morgan fingerprint density at radius 2 is 2.05 bits per heavy atom. The van der Waals surface area contributed by atoms with Crippen molar-refractivity contribution in [3.05, 3.63) is 28.8 Å². The first kappa shape index (κ1) is 15.8. The average Bonchev–Trinajstić information content (AvgIpc) is 2.37. The quantitative estimate of drug-likeness (QED) is 0.893. The molecule has 1 aromatic rings. The second-order valence-electron chi connectivity index (χ2n) is 5.33. The zero-order valence-electron chi connectivity index (χ0n) is 11.5. The van der Waals surface area contributed by atoms with Crippen molar-refractivity contribution in [1.29, 1.82) is 0 Å². The number of halogens is 1. The second-order valence-corrected chi connectivity index (χ2v) is 7.72. The molecule has 0 bridgehead atoms. The van der Waals surface area contributed by atoms with E-state index in [2.05, 4.69) is 5.32 Å². The third-order valence-corrected chi connectivity index (χ3v) is 5.28. The second kappa shape index (κ2) is 6.43. The highest BCUT2D eigenvalue weighted by Gasteiger charge is 2.23. The molecular weight excluding hydrogens is 298 g/mol. The lowest BCUT2D eigenvalue weighted by Gasteiger charge is -2.28. The Balaban J connectivity index is 2.17. The molecule has 2 N–H and O–H groups in total. The molecule has 1 aromatic carbocycles. The van der Waals surface area contributed by atoms with Crippen LogP contribution in [0.3, 0.4) is 0 Å². The first-order valence-electron chi connectivity index (χ1n) is 6.78. The standard InChI is InChI=1S/C14H20ClNO3S/c1-20(18,19)14-8-4-5-11(15)10(14)9-16-12-6-2-3-7-13(12)17/h4-5,8,12-13,16-17H,2-3,6-7,9H2,1H3. The van der Waals surface area contributed by atoms with Gasteiger partial charge in [0.2, 0.25) is 0 Å². The van der Waals surface area contributed by atoms with E-state index in [4.69, 9.17) is 11.6 Å². The zero-order chi connectivity index (χ0) is 14.8. The van der Waals surface area contributed by atoms with Gasteiger partial charge in [-0.1, -0.05) is 30.5 Å². The zero-order valence-corrected chi connectivity index (χ0v) is 13.0. The summed E-state index contributed by atoms with van der Waals surface area (Å²) in [6.45, 7) is 0.351. The van der Waals surface area contributed by atoms with Crippen molar-refractivity contribution in [2.75, 3.05) is 6.26 Å². The van der Waals surface area contributed by atoms with Gasteiger partial charge < -0.3 is 10.4 Å². The lowest BCUT2D eigenvalue weighted by Crippen LogP contribution is -2.41. The number of aliphatic hydroxyl groups excluding tert-OH is 1. The van der Waals surface area contributed by atoms with Crippen LogP contribution in [0, 0.1) is 0 Å². The molecule has 0 radical (unpaired) electrons. The summed E-state index contributed by atoms with van der Waals surface area (Å²) in [5.74, 6) is 0. The van der Waals surface area contributed by atoms with Gasteiger partial charge in [-0.3, -0.25) is 0 Å². The molecule has 1 aliphatic rings. The van der Waals surface area contributed by atoms with Crippen LogP contribution in [0.2, 0.25) is 5.02 Å². The first-order chi connectivity index (χ1) is 9.39. The summed E-state index contributed by atoms with van der Waals surface area (Å²) in [5.41, 5.74) is 0.578. The summed E-state index contributed by atoms with van der Waals surface area (Å²) < 4.78 is 23.6. The van der Waals surface area contributed by atoms with E-state index in [0.29, 0.717) is 17.1 Å². The maximum atomic E-state index is 11.8. The van der Waals surface area contributed by atoms with Crippen LogP contribution in [0.5, 0.6) is 0 Å². The number of hydrogen-bond donors (Lipinski definition) is 2. The molecule has 6 heteroatoms. The van der Waals surface area contributed by atoms with Gasteiger partial charge in [0.1, 0.15) is 0 Å². The Morgan fingerprint density at radius 3 is 2.70 bits per heavy atom. The van der Waals surface area contributed by atoms with Crippen molar-refractivity contribution in [2.24, 2.45) is 0 Å². The van der Waals surface area contributed by atoms with Crippen molar-refractivity contribution >= 4 is 21.4 Å². The molecule has 1 fully saturated rings. The molecule has 1 saturated carbocycles. The Hall–Kier alpha value is -0.620. The molecule has 0 heterocycles. The highest BCUT2D eigenvalue weighted by molar-refractivity contribution is 7.90. The maximum Gasteiger partial charge on any atom is 0.175 e. The summed E-state index contributed by atoms with van der Waals surface area (Å²) in [6, 6.07) is 4.89. The monoisotopic (exact) mass is 317 g/mol. The number of aliphatic hydroxyl groups is 1. The minimum Gasteiger partial charge on any atom is -0.392 e. The summed E-state index contributed by atoms with van der Waals surface area (Å²) in [5, 5.41) is 13.6. The van der Waals surface area contributed by atoms with Crippen LogP contribution in [-0.4, -0.2) is 31.9 Å². The molecule has 0 aromatic heterocycles. The summed E-state index contributed by atoms with van der Waals surface area (Å²) >= 11 is 6.12. The molecule has 1 aliphatic carbocycles. The summed E-state index contributed by atoms with van der Waals surface area (Å²) in [4.78, 5) is 0.253. The van der Waals surface area contributed by atoms with E-state index in [-0.39, 0.29) is 17.0 Å².